The number of thioether (sulfide) groups is 1. The second-order valence-corrected chi connectivity index (χ2v) is 8.34. The fraction of sp³-hybridized carbons (Fsp3) is 0.316. The van der Waals surface area contributed by atoms with E-state index in [1.165, 1.54) is 34.0 Å². The molecular formula is C19H18N2OS2. The molecule has 0 radical (unpaired) electrons. The monoisotopic (exact) mass is 354 g/mol. The molecule has 3 aromatic rings. The van der Waals surface area contributed by atoms with E-state index >= 15 is 0 Å². The molecule has 0 fully saturated rings. The Labute approximate surface area is 149 Å². The number of thiophene rings is 1. The first kappa shape index (κ1) is 15.8. The zero-order valence-corrected chi connectivity index (χ0v) is 15.1. The Bertz CT molecular complexity index is 889. The number of hydrogen-bond acceptors (Lipinski definition) is 5. The number of fused-ring (bicyclic) bond motifs is 3. The number of carbonyl (C=O) groups is 1. The van der Waals surface area contributed by atoms with Crippen LogP contribution in [0.15, 0.2) is 41.7 Å². The Kier molecular flexibility index (Phi) is 4.37. The van der Waals surface area contributed by atoms with Crippen LogP contribution < -0.4 is 0 Å². The molecule has 1 atom stereocenters. The summed E-state index contributed by atoms with van der Waals surface area (Å²) in [6.45, 7) is 2.31. The summed E-state index contributed by atoms with van der Waals surface area (Å²) in [6, 6.07) is 9.46. The highest BCUT2D eigenvalue weighted by atomic mass is 32.2. The highest BCUT2D eigenvalue weighted by Crippen LogP contribution is 2.40. The minimum atomic E-state index is 0.144. The van der Waals surface area contributed by atoms with Crippen molar-refractivity contribution < 1.29 is 4.79 Å². The van der Waals surface area contributed by atoms with E-state index in [1.54, 1.807) is 17.7 Å². The molecule has 0 unspecified atom stereocenters. The van der Waals surface area contributed by atoms with Gasteiger partial charge >= 0.3 is 0 Å². The molecule has 0 aliphatic heterocycles. The van der Waals surface area contributed by atoms with Crippen molar-refractivity contribution in [3.8, 4) is 0 Å². The summed E-state index contributed by atoms with van der Waals surface area (Å²) in [5.74, 6) is 1.30. The molecule has 1 aromatic carbocycles. The van der Waals surface area contributed by atoms with Crippen molar-refractivity contribution in [2.45, 2.75) is 31.2 Å². The molecule has 2 aromatic heterocycles. The molecule has 5 heteroatoms. The number of aromatic nitrogens is 2. The molecule has 2 heterocycles. The minimum Gasteiger partial charge on any atom is -0.293 e. The summed E-state index contributed by atoms with van der Waals surface area (Å²) in [7, 11) is 0. The third kappa shape index (κ3) is 2.98. The van der Waals surface area contributed by atoms with Crippen molar-refractivity contribution in [2.24, 2.45) is 5.92 Å². The lowest BCUT2D eigenvalue weighted by molar-refractivity contribution is 0.102. The zero-order chi connectivity index (χ0) is 16.5. The molecule has 0 saturated carbocycles. The van der Waals surface area contributed by atoms with Gasteiger partial charge in [0, 0.05) is 15.8 Å². The Morgan fingerprint density at radius 1 is 1.29 bits per heavy atom. The Hall–Kier alpha value is -1.72. The van der Waals surface area contributed by atoms with Crippen LogP contribution in [0.25, 0.3) is 10.2 Å². The van der Waals surface area contributed by atoms with Gasteiger partial charge in [-0.3, -0.25) is 4.79 Å². The maximum absolute atomic E-state index is 12.4. The normalized spacial score (nSPS) is 17.0. The Morgan fingerprint density at radius 2 is 2.12 bits per heavy atom. The van der Waals surface area contributed by atoms with E-state index in [0.29, 0.717) is 5.75 Å². The van der Waals surface area contributed by atoms with Gasteiger partial charge < -0.3 is 0 Å². The summed E-state index contributed by atoms with van der Waals surface area (Å²) >= 11 is 3.34. The standard InChI is InChI=1S/C19H18N2OS2/c1-12-7-8-14-16(9-12)24-19-17(14)18(20-11-21-19)23-10-15(22)13-5-3-2-4-6-13/h2-6,11-12H,7-10H2,1H3/t12-/m1/s1. The molecule has 1 aliphatic rings. The van der Waals surface area contributed by atoms with E-state index in [9.17, 15) is 4.79 Å². The quantitative estimate of drug-likeness (QED) is 0.384. The van der Waals surface area contributed by atoms with Crippen molar-refractivity contribution in [1.29, 1.82) is 0 Å². The number of aryl methyl sites for hydroxylation is 1. The predicted octanol–water partition coefficient (Wildman–Crippen LogP) is 4.79. The van der Waals surface area contributed by atoms with Gasteiger partial charge in [-0.05, 0) is 30.7 Å². The van der Waals surface area contributed by atoms with Crippen LogP contribution in [0.3, 0.4) is 0 Å². The highest BCUT2D eigenvalue weighted by Gasteiger charge is 2.23. The number of benzene rings is 1. The fourth-order valence-corrected chi connectivity index (χ4v) is 5.53. The van der Waals surface area contributed by atoms with Gasteiger partial charge in [0.1, 0.15) is 16.2 Å². The van der Waals surface area contributed by atoms with Gasteiger partial charge in [-0.15, -0.1) is 11.3 Å². The highest BCUT2D eigenvalue weighted by molar-refractivity contribution is 8.00. The molecule has 0 amide bonds. The maximum Gasteiger partial charge on any atom is 0.173 e. The number of nitrogens with zero attached hydrogens (tertiary/aromatic N) is 2. The summed E-state index contributed by atoms with van der Waals surface area (Å²) < 4.78 is 0. The number of ketones is 1. The van der Waals surface area contributed by atoms with E-state index in [1.807, 2.05) is 30.3 Å². The molecular weight excluding hydrogens is 336 g/mol. The van der Waals surface area contributed by atoms with Crippen LogP contribution in [0.1, 0.15) is 34.1 Å². The molecule has 24 heavy (non-hydrogen) atoms. The van der Waals surface area contributed by atoms with E-state index in [2.05, 4.69) is 16.9 Å². The van der Waals surface area contributed by atoms with Gasteiger partial charge in [0.05, 0.1) is 5.75 Å². The average Bonchev–Trinajstić information content (AvgIpc) is 2.98. The topological polar surface area (TPSA) is 42.9 Å². The Balaban J connectivity index is 1.62. The molecule has 122 valence electrons. The second-order valence-electron chi connectivity index (χ2n) is 6.29. The first-order valence-electron chi connectivity index (χ1n) is 8.18. The van der Waals surface area contributed by atoms with Gasteiger partial charge in [0.2, 0.25) is 0 Å². The first-order chi connectivity index (χ1) is 11.7. The van der Waals surface area contributed by atoms with E-state index in [4.69, 9.17) is 0 Å². The maximum atomic E-state index is 12.4. The minimum absolute atomic E-state index is 0.144. The van der Waals surface area contributed by atoms with Gasteiger partial charge in [-0.25, -0.2) is 9.97 Å². The molecule has 0 saturated heterocycles. The third-order valence-electron chi connectivity index (χ3n) is 4.49. The lowest BCUT2D eigenvalue weighted by atomic mass is 9.89. The number of carbonyl (C=O) groups excluding carboxylic acids is 1. The van der Waals surface area contributed by atoms with Crippen LogP contribution in [-0.2, 0) is 12.8 Å². The van der Waals surface area contributed by atoms with Gasteiger partial charge in [0.15, 0.2) is 5.78 Å². The fourth-order valence-electron chi connectivity index (χ4n) is 3.20. The van der Waals surface area contributed by atoms with Crippen LogP contribution in [0.5, 0.6) is 0 Å². The van der Waals surface area contributed by atoms with Crippen LogP contribution in [0.4, 0.5) is 0 Å². The lowest BCUT2D eigenvalue weighted by Gasteiger charge is -2.18. The van der Waals surface area contributed by atoms with Crippen molar-refractivity contribution >= 4 is 39.1 Å². The van der Waals surface area contributed by atoms with Gasteiger partial charge in [0.25, 0.3) is 0 Å². The second kappa shape index (κ2) is 6.65. The smallest absolute Gasteiger partial charge is 0.173 e. The molecule has 0 spiro atoms. The largest absolute Gasteiger partial charge is 0.293 e. The SMILES string of the molecule is C[C@@H]1CCc2c(sc3ncnc(SCC(=O)c4ccccc4)c23)C1. The van der Waals surface area contributed by atoms with Crippen LogP contribution in [0.2, 0.25) is 0 Å². The third-order valence-corrected chi connectivity index (χ3v) is 6.64. The van der Waals surface area contributed by atoms with E-state index in [-0.39, 0.29) is 5.78 Å². The van der Waals surface area contributed by atoms with Crippen LogP contribution >= 0.6 is 23.1 Å². The van der Waals surface area contributed by atoms with Crippen LogP contribution in [0, 0.1) is 5.92 Å². The van der Waals surface area contributed by atoms with Crippen molar-refractivity contribution in [3.63, 3.8) is 0 Å². The van der Waals surface area contributed by atoms with E-state index in [0.717, 1.165) is 34.2 Å². The summed E-state index contributed by atoms with van der Waals surface area (Å²) in [6.07, 6.45) is 5.09. The molecule has 1 aliphatic carbocycles. The number of Topliss-reactive ketones (excluding diaryl/α,β-unsaturated/α-hetero) is 1. The average molecular weight is 355 g/mol. The first-order valence-corrected chi connectivity index (χ1v) is 9.99. The van der Waals surface area contributed by atoms with Crippen molar-refractivity contribution in [3.05, 3.63) is 52.7 Å². The molecule has 3 nitrogen and oxygen atoms in total. The molecule has 0 N–H and O–H groups in total. The summed E-state index contributed by atoms with van der Waals surface area (Å²) in [5.41, 5.74) is 2.18. The summed E-state index contributed by atoms with van der Waals surface area (Å²) in [5, 5.41) is 2.14. The van der Waals surface area contributed by atoms with Gasteiger partial charge in [-0.2, -0.15) is 0 Å². The van der Waals surface area contributed by atoms with Crippen molar-refractivity contribution in [2.75, 3.05) is 5.75 Å². The predicted molar refractivity (Wildman–Crippen MR) is 100 cm³/mol. The zero-order valence-electron chi connectivity index (χ0n) is 13.5. The van der Waals surface area contributed by atoms with Crippen molar-refractivity contribution in [1.82, 2.24) is 9.97 Å². The molecule has 0 bridgehead atoms. The molecule has 4 rings (SSSR count). The van der Waals surface area contributed by atoms with Crippen LogP contribution in [-0.4, -0.2) is 21.5 Å². The number of rotatable bonds is 4. The lowest BCUT2D eigenvalue weighted by Crippen LogP contribution is -2.09. The number of hydrogen-bond donors (Lipinski definition) is 0. The van der Waals surface area contributed by atoms with Gasteiger partial charge in [-0.1, -0.05) is 49.0 Å². The van der Waals surface area contributed by atoms with E-state index < -0.39 is 0 Å². The summed E-state index contributed by atoms with van der Waals surface area (Å²) in [4.78, 5) is 23.8. The Morgan fingerprint density at radius 3 is 2.96 bits per heavy atom.